The summed E-state index contributed by atoms with van der Waals surface area (Å²) in [5.41, 5.74) is 7.70. The molecule has 1 nitrogen and oxygen atoms in total. The van der Waals surface area contributed by atoms with Gasteiger partial charge in [0.05, 0.1) is 6.04 Å². The summed E-state index contributed by atoms with van der Waals surface area (Å²) < 4.78 is 26.2. The van der Waals surface area contributed by atoms with Crippen molar-refractivity contribution in [3.8, 4) is 0 Å². The number of halogens is 2. The fourth-order valence-electron chi connectivity index (χ4n) is 2.29. The van der Waals surface area contributed by atoms with Gasteiger partial charge in [0.1, 0.15) is 11.6 Å². The van der Waals surface area contributed by atoms with Crippen molar-refractivity contribution in [2.45, 2.75) is 38.1 Å². The molecule has 2 N–H and O–H groups in total. The fourth-order valence-corrected chi connectivity index (χ4v) is 2.29. The van der Waals surface area contributed by atoms with E-state index in [4.69, 9.17) is 5.73 Å². The Balaban J connectivity index is 2.23. The summed E-state index contributed by atoms with van der Waals surface area (Å²) in [4.78, 5) is 0. The van der Waals surface area contributed by atoms with Gasteiger partial charge in [-0.25, -0.2) is 8.78 Å². The van der Waals surface area contributed by atoms with E-state index < -0.39 is 11.6 Å². The highest BCUT2D eigenvalue weighted by molar-refractivity contribution is 5.29. The maximum atomic E-state index is 13.1. The van der Waals surface area contributed by atoms with Crippen LogP contribution < -0.4 is 5.73 Å². The zero-order valence-corrected chi connectivity index (χ0v) is 9.76. The summed E-state index contributed by atoms with van der Waals surface area (Å²) in [5.74, 6) is -1.13. The molecule has 92 valence electrons. The van der Waals surface area contributed by atoms with E-state index in [2.05, 4.69) is 6.08 Å². The molecule has 1 aromatic rings. The Hall–Kier alpha value is -1.22. The third-order valence-corrected chi connectivity index (χ3v) is 3.22. The average molecular weight is 237 g/mol. The van der Waals surface area contributed by atoms with Crippen LogP contribution in [0.25, 0.3) is 0 Å². The summed E-state index contributed by atoms with van der Waals surface area (Å²) in [6, 6.07) is 3.13. The van der Waals surface area contributed by atoms with E-state index in [9.17, 15) is 8.78 Å². The zero-order chi connectivity index (χ0) is 12.3. The first-order chi connectivity index (χ1) is 8.16. The molecule has 3 heteroatoms. The first-order valence-corrected chi connectivity index (χ1v) is 6.07. The van der Waals surface area contributed by atoms with Gasteiger partial charge in [-0.15, -0.1) is 0 Å². The van der Waals surface area contributed by atoms with Gasteiger partial charge in [-0.3, -0.25) is 0 Å². The molecule has 1 aliphatic carbocycles. The van der Waals surface area contributed by atoms with Crippen molar-refractivity contribution in [1.29, 1.82) is 0 Å². The second-order valence-corrected chi connectivity index (χ2v) is 4.56. The molecule has 17 heavy (non-hydrogen) atoms. The Bertz CT molecular complexity index is 406. The van der Waals surface area contributed by atoms with Crippen molar-refractivity contribution in [2.75, 3.05) is 0 Å². The van der Waals surface area contributed by atoms with Crippen LogP contribution in [0.2, 0.25) is 0 Å². The molecular weight excluding hydrogens is 220 g/mol. The SMILES string of the molecule is NC(C1=CCCCCC1)c1cc(F)cc(F)c1. The third-order valence-electron chi connectivity index (χ3n) is 3.22. The van der Waals surface area contributed by atoms with Crippen molar-refractivity contribution < 1.29 is 8.78 Å². The van der Waals surface area contributed by atoms with E-state index in [1.54, 1.807) is 0 Å². The Kier molecular flexibility index (Phi) is 3.89. The molecule has 1 atom stereocenters. The first kappa shape index (κ1) is 12.2. The minimum absolute atomic E-state index is 0.377. The molecule has 1 aliphatic rings. The van der Waals surface area contributed by atoms with E-state index in [1.165, 1.54) is 25.0 Å². The lowest BCUT2D eigenvalue weighted by atomic mass is 9.96. The van der Waals surface area contributed by atoms with Gasteiger partial charge < -0.3 is 5.73 Å². The molecule has 0 saturated heterocycles. The second kappa shape index (κ2) is 5.41. The van der Waals surface area contributed by atoms with Gasteiger partial charge in [0.15, 0.2) is 0 Å². The molecule has 1 unspecified atom stereocenters. The van der Waals surface area contributed by atoms with Crippen molar-refractivity contribution in [1.82, 2.24) is 0 Å². The van der Waals surface area contributed by atoms with E-state index >= 15 is 0 Å². The number of rotatable bonds is 2. The lowest BCUT2D eigenvalue weighted by Gasteiger charge is -2.16. The minimum Gasteiger partial charge on any atom is -0.321 e. The number of hydrogen-bond donors (Lipinski definition) is 1. The summed E-state index contributed by atoms with van der Waals surface area (Å²) >= 11 is 0. The Morgan fingerprint density at radius 3 is 2.41 bits per heavy atom. The fraction of sp³-hybridized carbons (Fsp3) is 0.429. The summed E-state index contributed by atoms with van der Waals surface area (Å²) in [6.45, 7) is 0. The lowest BCUT2D eigenvalue weighted by Crippen LogP contribution is -2.13. The van der Waals surface area contributed by atoms with E-state index in [-0.39, 0.29) is 6.04 Å². The van der Waals surface area contributed by atoms with Gasteiger partial charge in [0, 0.05) is 6.07 Å². The molecule has 2 rings (SSSR count). The van der Waals surface area contributed by atoms with Crippen LogP contribution in [-0.2, 0) is 0 Å². The van der Waals surface area contributed by atoms with Gasteiger partial charge >= 0.3 is 0 Å². The maximum Gasteiger partial charge on any atom is 0.126 e. The average Bonchev–Trinajstić information content (AvgIpc) is 2.55. The molecule has 0 spiro atoms. The first-order valence-electron chi connectivity index (χ1n) is 6.07. The molecule has 0 aromatic heterocycles. The highest BCUT2D eigenvalue weighted by Gasteiger charge is 2.15. The maximum absolute atomic E-state index is 13.1. The number of nitrogens with two attached hydrogens (primary N) is 1. The Morgan fingerprint density at radius 1 is 1.00 bits per heavy atom. The quantitative estimate of drug-likeness (QED) is 0.777. The molecule has 0 fully saturated rings. The van der Waals surface area contributed by atoms with E-state index in [1.807, 2.05) is 0 Å². The molecule has 0 amide bonds. The van der Waals surface area contributed by atoms with Gasteiger partial charge in [-0.2, -0.15) is 0 Å². The summed E-state index contributed by atoms with van der Waals surface area (Å²) in [5, 5.41) is 0. The Morgan fingerprint density at radius 2 is 1.71 bits per heavy atom. The summed E-state index contributed by atoms with van der Waals surface area (Å²) in [6.07, 6.45) is 7.55. The van der Waals surface area contributed by atoms with Gasteiger partial charge in [0.2, 0.25) is 0 Å². The third kappa shape index (κ3) is 3.13. The molecule has 0 radical (unpaired) electrons. The number of allylic oxidation sites excluding steroid dienone is 1. The van der Waals surface area contributed by atoms with Crippen molar-refractivity contribution in [3.63, 3.8) is 0 Å². The van der Waals surface area contributed by atoms with Crippen LogP contribution in [0.5, 0.6) is 0 Å². The molecule has 1 aromatic carbocycles. The van der Waals surface area contributed by atoms with Crippen molar-refractivity contribution >= 4 is 0 Å². The van der Waals surface area contributed by atoms with Gasteiger partial charge in [0.25, 0.3) is 0 Å². The standard InChI is InChI=1S/C14H17F2N/c15-12-7-11(8-13(16)9-12)14(17)10-5-3-1-2-4-6-10/h5,7-9,14H,1-4,6,17H2. The monoisotopic (exact) mass is 237 g/mol. The number of hydrogen-bond acceptors (Lipinski definition) is 1. The largest absolute Gasteiger partial charge is 0.321 e. The molecule has 0 bridgehead atoms. The highest BCUT2D eigenvalue weighted by atomic mass is 19.1. The van der Waals surface area contributed by atoms with Crippen molar-refractivity contribution in [3.05, 3.63) is 47.0 Å². The molecule has 0 aliphatic heterocycles. The zero-order valence-electron chi connectivity index (χ0n) is 9.76. The number of benzene rings is 1. The van der Waals surface area contributed by atoms with Crippen LogP contribution >= 0.6 is 0 Å². The topological polar surface area (TPSA) is 26.0 Å². The van der Waals surface area contributed by atoms with Crippen LogP contribution in [0, 0.1) is 11.6 Å². The predicted octanol–water partition coefficient (Wildman–Crippen LogP) is 3.86. The van der Waals surface area contributed by atoms with Gasteiger partial charge in [-0.05, 0) is 43.4 Å². The van der Waals surface area contributed by atoms with Gasteiger partial charge in [-0.1, -0.05) is 18.1 Å². The van der Waals surface area contributed by atoms with Crippen LogP contribution in [0.1, 0.15) is 43.7 Å². The van der Waals surface area contributed by atoms with Crippen LogP contribution in [0.15, 0.2) is 29.8 Å². The molecule has 0 heterocycles. The lowest BCUT2D eigenvalue weighted by molar-refractivity contribution is 0.576. The second-order valence-electron chi connectivity index (χ2n) is 4.56. The normalized spacial score (nSPS) is 18.4. The van der Waals surface area contributed by atoms with E-state index in [0.29, 0.717) is 5.56 Å². The summed E-state index contributed by atoms with van der Waals surface area (Å²) in [7, 11) is 0. The highest BCUT2D eigenvalue weighted by Crippen LogP contribution is 2.28. The molecule has 0 saturated carbocycles. The minimum atomic E-state index is -0.565. The van der Waals surface area contributed by atoms with Crippen LogP contribution in [-0.4, -0.2) is 0 Å². The van der Waals surface area contributed by atoms with E-state index in [0.717, 1.165) is 30.9 Å². The van der Waals surface area contributed by atoms with Crippen molar-refractivity contribution in [2.24, 2.45) is 5.73 Å². The van der Waals surface area contributed by atoms with Crippen LogP contribution in [0.3, 0.4) is 0 Å². The smallest absolute Gasteiger partial charge is 0.126 e. The molecular formula is C14H17F2N. The Labute approximate surface area is 100 Å². The van der Waals surface area contributed by atoms with Crippen LogP contribution in [0.4, 0.5) is 8.78 Å². The predicted molar refractivity (Wildman–Crippen MR) is 64.5 cm³/mol.